The second kappa shape index (κ2) is 7.45. The van der Waals surface area contributed by atoms with E-state index in [2.05, 4.69) is 5.32 Å². The second-order valence-electron chi connectivity index (χ2n) is 6.38. The van der Waals surface area contributed by atoms with Gasteiger partial charge in [-0.3, -0.25) is 4.21 Å². The molecule has 2 heterocycles. The number of carbonyl (C=O) groups is 1. The molecule has 1 unspecified atom stereocenters. The fraction of sp³-hybridized carbons (Fsp3) is 0.588. The molecule has 6 heteroatoms. The molecule has 2 aliphatic heterocycles. The fourth-order valence-electron chi connectivity index (χ4n) is 3.37. The van der Waals surface area contributed by atoms with Crippen molar-refractivity contribution in [3.63, 3.8) is 0 Å². The Kier molecular flexibility index (Phi) is 5.33. The van der Waals surface area contributed by atoms with Crippen molar-refractivity contribution in [3.05, 3.63) is 30.3 Å². The van der Waals surface area contributed by atoms with Gasteiger partial charge in [0.1, 0.15) is 0 Å². The van der Waals surface area contributed by atoms with Gasteiger partial charge in [-0.15, -0.1) is 0 Å². The summed E-state index contributed by atoms with van der Waals surface area (Å²) in [6.45, 7) is 3.70. The highest BCUT2D eigenvalue weighted by molar-refractivity contribution is 7.85. The Morgan fingerprint density at radius 3 is 2.70 bits per heavy atom. The summed E-state index contributed by atoms with van der Waals surface area (Å²) in [5, 5.41) is 2.91. The molecule has 0 aliphatic carbocycles. The molecule has 3 rings (SSSR count). The molecular weight excluding hydrogens is 312 g/mol. The van der Waals surface area contributed by atoms with Crippen molar-refractivity contribution in [3.8, 4) is 0 Å². The molecule has 1 N–H and O–H groups in total. The third-order valence-electron chi connectivity index (χ3n) is 4.85. The lowest BCUT2D eigenvalue weighted by Gasteiger charge is -2.33. The molecule has 0 saturated carbocycles. The maximum absolute atomic E-state index is 12.3. The van der Waals surface area contributed by atoms with E-state index in [4.69, 9.17) is 4.74 Å². The first-order valence-corrected chi connectivity index (χ1v) is 9.54. The Hall–Kier alpha value is -1.40. The zero-order valence-corrected chi connectivity index (χ0v) is 14.1. The number of ether oxygens (including phenoxy) is 1. The van der Waals surface area contributed by atoms with Gasteiger partial charge in [0, 0.05) is 43.5 Å². The minimum absolute atomic E-state index is 0.0292. The molecule has 1 spiro atoms. The van der Waals surface area contributed by atoms with Crippen LogP contribution in [-0.4, -0.2) is 53.7 Å². The molecule has 0 radical (unpaired) electrons. The Labute approximate surface area is 139 Å². The molecule has 1 aromatic carbocycles. The van der Waals surface area contributed by atoms with Crippen molar-refractivity contribution in [2.75, 3.05) is 38.6 Å². The van der Waals surface area contributed by atoms with E-state index in [-0.39, 0.29) is 11.4 Å². The fourth-order valence-corrected chi connectivity index (χ4v) is 4.36. The second-order valence-corrected chi connectivity index (χ2v) is 7.95. The first kappa shape index (κ1) is 16.5. The number of urea groups is 1. The predicted octanol–water partition coefficient (Wildman–Crippen LogP) is 2.01. The normalized spacial score (nSPS) is 21.3. The van der Waals surface area contributed by atoms with Gasteiger partial charge in [-0.2, -0.15) is 0 Å². The Balaban J connectivity index is 1.42. The maximum atomic E-state index is 12.3. The van der Waals surface area contributed by atoms with Crippen molar-refractivity contribution < 1.29 is 13.7 Å². The van der Waals surface area contributed by atoms with Crippen molar-refractivity contribution in [1.29, 1.82) is 0 Å². The minimum Gasteiger partial charge on any atom is -0.381 e. The van der Waals surface area contributed by atoms with Crippen molar-refractivity contribution in [2.24, 2.45) is 5.41 Å². The van der Waals surface area contributed by atoms with E-state index in [0.717, 1.165) is 50.5 Å². The monoisotopic (exact) mass is 336 g/mol. The summed E-state index contributed by atoms with van der Waals surface area (Å²) in [5.74, 6) is 0.447. The topological polar surface area (TPSA) is 58.6 Å². The smallest absolute Gasteiger partial charge is 0.317 e. The van der Waals surface area contributed by atoms with Crippen LogP contribution in [0.4, 0.5) is 4.79 Å². The van der Waals surface area contributed by atoms with Crippen LogP contribution in [0, 0.1) is 5.41 Å². The van der Waals surface area contributed by atoms with Gasteiger partial charge in [0.15, 0.2) is 0 Å². The zero-order valence-electron chi connectivity index (χ0n) is 13.3. The van der Waals surface area contributed by atoms with E-state index in [9.17, 15) is 9.00 Å². The summed E-state index contributed by atoms with van der Waals surface area (Å²) in [6, 6.07) is 9.34. The Morgan fingerprint density at radius 1 is 1.22 bits per heavy atom. The summed E-state index contributed by atoms with van der Waals surface area (Å²) in [6.07, 6.45) is 3.17. The number of rotatable bonds is 4. The van der Waals surface area contributed by atoms with Crippen LogP contribution in [0.2, 0.25) is 0 Å². The molecule has 5 nitrogen and oxygen atoms in total. The van der Waals surface area contributed by atoms with E-state index >= 15 is 0 Å². The summed E-state index contributed by atoms with van der Waals surface area (Å²) in [7, 11) is -1.06. The average Bonchev–Trinajstić information content (AvgIpc) is 2.99. The lowest BCUT2D eigenvalue weighted by atomic mass is 9.80. The average molecular weight is 336 g/mol. The number of benzene rings is 1. The molecule has 2 fully saturated rings. The van der Waals surface area contributed by atoms with Gasteiger partial charge in [0.05, 0.1) is 10.8 Å². The molecule has 2 amide bonds. The molecule has 23 heavy (non-hydrogen) atoms. The largest absolute Gasteiger partial charge is 0.381 e. The van der Waals surface area contributed by atoms with Crippen molar-refractivity contribution in [2.45, 2.75) is 24.2 Å². The highest BCUT2D eigenvalue weighted by Gasteiger charge is 2.40. The quantitative estimate of drug-likeness (QED) is 0.915. The lowest BCUT2D eigenvalue weighted by Crippen LogP contribution is -2.42. The number of carbonyl (C=O) groups excluding carboxylic acids is 1. The van der Waals surface area contributed by atoms with E-state index in [1.807, 2.05) is 35.2 Å². The van der Waals surface area contributed by atoms with Crippen LogP contribution >= 0.6 is 0 Å². The number of hydrogen-bond acceptors (Lipinski definition) is 3. The lowest BCUT2D eigenvalue weighted by molar-refractivity contribution is 0.0209. The number of nitrogens with zero attached hydrogens (tertiary/aromatic N) is 1. The van der Waals surface area contributed by atoms with E-state index in [1.54, 1.807) is 0 Å². The van der Waals surface area contributed by atoms with Gasteiger partial charge >= 0.3 is 6.03 Å². The standard InChI is InChI=1S/C17H24N2O3S/c20-16(18-9-13-23(21)15-4-2-1-3-5-15)19-10-6-17(14-19)7-11-22-12-8-17/h1-5H,6-14H2,(H,18,20). The van der Waals surface area contributed by atoms with E-state index in [1.165, 1.54) is 0 Å². The van der Waals surface area contributed by atoms with Gasteiger partial charge in [-0.25, -0.2) is 4.79 Å². The Bertz CT molecular complexity index is 558. The first-order chi connectivity index (χ1) is 11.2. The van der Waals surface area contributed by atoms with Gasteiger partial charge in [0.25, 0.3) is 0 Å². The van der Waals surface area contributed by atoms with E-state index < -0.39 is 10.8 Å². The molecule has 0 bridgehead atoms. The van der Waals surface area contributed by atoms with E-state index in [0.29, 0.717) is 12.3 Å². The first-order valence-electron chi connectivity index (χ1n) is 8.23. The number of nitrogens with one attached hydrogen (secondary N) is 1. The highest BCUT2D eigenvalue weighted by Crippen LogP contribution is 2.39. The number of likely N-dealkylation sites (tertiary alicyclic amines) is 1. The molecule has 1 aromatic rings. The molecule has 2 aliphatic rings. The molecule has 2 saturated heterocycles. The summed E-state index contributed by atoms with van der Waals surface area (Å²) < 4.78 is 17.6. The predicted molar refractivity (Wildman–Crippen MR) is 89.8 cm³/mol. The summed E-state index contributed by atoms with van der Waals surface area (Å²) in [4.78, 5) is 15.0. The van der Waals surface area contributed by atoms with Gasteiger partial charge in [-0.05, 0) is 36.8 Å². The van der Waals surface area contributed by atoms with Crippen LogP contribution in [0.15, 0.2) is 35.2 Å². The third-order valence-corrected chi connectivity index (χ3v) is 6.22. The van der Waals surface area contributed by atoms with Gasteiger partial charge < -0.3 is 15.0 Å². The number of hydrogen-bond donors (Lipinski definition) is 1. The molecular formula is C17H24N2O3S. The summed E-state index contributed by atoms with van der Waals surface area (Å²) >= 11 is 0. The van der Waals surface area contributed by atoms with Crippen LogP contribution in [0.3, 0.4) is 0 Å². The van der Waals surface area contributed by atoms with Gasteiger partial charge in [0.2, 0.25) is 0 Å². The number of amides is 2. The third kappa shape index (κ3) is 4.12. The van der Waals surface area contributed by atoms with Crippen LogP contribution in [0.25, 0.3) is 0 Å². The van der Waals surface area contributed by atoms with Crippen LogP contribution in [-0.2, 0) is 15.5 Å². The van der Waals surface area contributed by atoms with Crippen molar-refractivity contribution >= 4 is 16.8 Å². The maximum Gasteiger partial charge on any atom is 0.317 e. The molecule has 1 atom stereocenters. The highest BCUT2D eigenvalue weighted by atomic mass is 32.2. The zero-order chi connectivity index (χ0) is 16.1. The van der Waals surface area contributed by atoms with Crippen LogP contribution in [0.1, 0.15) is 19.3 Å². The van der Waals surface area contributed by atoms with Crippen LogP contribution in [0.5, 0.6) is 0 Å². The minimum atomic E-state index is -1.06. The molecule has 126 valence electrons. The van der Waals surface area contributed by atoms with Crippen molar-refractivity contribution in [1.82, 2.24) is 10.2 Å². The van der Waals surface area contributed by atoms with Gasteiger partial charge in [-0.1, -0.05) is 18.2 Å². The SMILES string of the molecule is O=C(NCCS(=O)c1ccccc1)N1CCC2(CCOCC2)C1. The summed E-state index contributed by atoms with van der Waals surface area (Å²) in [5.41, 5.74) is 0.266. The van der Waals surface area contributed by atoms with Crippen LogP contribution < -0.4 is 5.32 Å². The Morgan fingerprint density at radius 2 is 1.96 bits per heavy atom. The molecule has 0 aromatic heterocycles.